The van der Waals surface area contributed by atoms with Gasteiger partial charge >= 0.3 is 29.8 Å². The minimum atomic E-state index is -1.11. The van der Waals surface area contributed by atoms with Crippen molar-refractivity contribution in [2.24, 2.45) is 34.4 Å². The van der Waals surface area contributed by atoms with Crippen LogP contribution >= 0.6 is 24.4 Å². The number of carbonyl (C=O) groups is 6. The maximum atomic E-state index is 10.6. The van der Waals surface area contributed by atoms with E-state index in [1.807, 2.05) is 36.7 Å². The number of phenols is 1. The molecular weight excluding hydrogens is 751 g/mol. The summed E-state index contributed by atoms with van der Waals surface area (Å²) in [4.78, 5) is 64.1. The third-order valence-corrected chi connectivity index (χ3v) is 7.66. The maximum absolute atomic E-state index is 10.6. The Morgan fingerprint density at radius 1 is 0.685 bits per heavy atom. The number of carboxylic acid groups (broad SMARTS) is 5. The quantitative estimate of drug-likeness (QED) is 0.0820. The number of nitrogens with two attached hydrogens (primary N) is 6. The number of H-pyrrole nitrogens is 1. The third-order valence-electron chi connectivity index (χ3n) is 6.62. The molecule has 0 spiro atoms. The summed E-state index contributed by atoms with van der Waals surface area (Å²) < 4.78 is 0. The zero-order valence-electron chi connectivity index (χ0n) is 29.5. The SMILES string of the molecule is CSCC[C@H](N)C(=O)O.NC(=O)CC[C@H](N)C(=O)O.N[C@@H](CS)C(=O)O.N[C@@H](Cc1c[nH]c2ccccc12)C(=O)O.N[C@@H](Cc1ccc(O)cc1)C(=O)O. The number of carbonyl (C=O) groups excluding carboxylic acids is 1. The van der Waals surface area contributed by atoms with Crippen molar-refractivity contribution in [3.63, 3.8) is 0 Å². The number of nitrogens with one attached hydrogen (secondary N) is 1. The molecule has 21 heteroatoms. The van der Waals surface area contributed by atoms with Gasteiger partial charge in [0.25, 0.3) is 0 Å². The van der Waals surface area contributed by atoms with Crippen molar-refractivity contribution < 1.29 is 59.4 Å². The first-order valence-corrected chi connectivity index (χ1v) is 17.8. The zero-order valence-corrected chi connectivity index (χ0v) is 31.2. The molecule has 3 rings (SSSR count). The number of carboxylic acids is 5. The van der Waals surface area contributed by atoms with Gasteiger partial charge < -0.3 is 70.0 Å². The van der Waals surface area contributed by atoms with E-state index in [1.165, 1.54) is 12.1 Å². The molecule has 1 amide bonds. The fourth-order valence-electron chi connectivity index (χ4n) is 3.47. The normalized spacial score (nSPS) is 12.8. The molecule has 0 fully saturated rings. The topological polar surface area (TPSA) is 396 Å². The van der Waals surface area contributed by atoms with Crippen LogP contribution in [0.3, 0.4) is 0 Å². The molecule has 19 N–H and O–H groups in total. The van der Waals surface area contributed by atoms with E-state index in [0.29, 0.717) is 12.8 Å². The van der Waals surface area contributed by atoms with Crippen LogP contribution in [0.4, 0.5) is 0 Å². The summed E-state index contributed by atoms with van der Waals surface area (Å²) in [5.74, 6) is -4.39. The molecule has 0 aliphatic rings. The molecule has 54 heavy (non-hydrogen) atoms. The fourth-order valence-corrected chi connectivity index (χ4v) is 4.11. The van der Waals surface area contributed by atoms with E-state index in [2.05, 4.69) is 17.6 Å². The van der Waals surface area contributed by atoms with Gasteiger partial charge in [0.2, 0.25) is 5.91 Å². The zero-order chi connectivity index (χ0) is 42.0. The van der Waals surface area contributed by atoms with Crippen LogP contribution in [0.15, 0.2) is 54.7 Å². The van der Waals surface area contributed by atoms with Crippen molar-refractivity contribution in [1.29, 1.82) is 0 Å². The molecule has 0 unspecified atom stereocenters. The Balaban J connectivity index is 0. The largest absolute Gasteiger partial charge is 0.508 e. The predicted molar refractivity (Wildman–Crippen MR) is 207 cm³/mol. The van der Waals surface area contributed by atoms with E-state index in [-0.39, 0.29) is 30.8 Å². The van der Waals surface area contributed by atoms with Crippen molar-refractivity contribution in [2.45, 2.75) is 62.3 Å². The molecule has 0 bridgehead atoms. The molecule has 0 saturated heterocycles. The summed E-state index contributed by atoms with van der Waals surface area (Å²) in [6.07, 6.45) is 5.03. The van der Waals surface area contributed by atoms with Gasteiger partial charge in [-0.05, 0) is 60.6 Å². The first-order valence-electron chi connectivity index (χ1n) is 15.8. The number of aliphatic carboxylic acids is 5. The van der Waals surface area contributed by atoms with Crippen LogP contribution in [0.1, 0.15) is 30.4 Å². The average molecular weight is 802 g/mol. The van der Waals surface area contributed by atoms with Crippen molar-refractivity contribution in [3.05, 3.63) is 65.9 Å². The number of hydrogen-bond acceptors (Lipinski definition) is 14. The van der Waals surface area contributed by atoms with Crippen molar-refractivity contribution in [3.8, 4) is 5.75 Å². The highest BCUT2D eigenvalue weighted by atomic mass is 32.2. The molecular formula is C33H51N7O12S2. The van der Waals surface area contributed by atoms with E-state index >= 15 is 0 Å². The number of thioether (sulfide) groups is 1. The summed E-state index contributed by atoms with van der Waals surface area (Å²) in [6.45, 7) is 0. The number of thiol groups is 1. The predicted octanol–water partition coefficient (Wildman–Crippen LogP) is -0.388. The molecule has 0 aliphatic heterocycles. The Morgan fingerprint density at radius 2 is 1.15 bits per heavy atom. The number of benzene rings is 2. The molecule has 2 aromatic carbocycles. The van der Waals surface area contributed by atoms with Crippen LogP contribution in [0.2, 0.25) is 0 Å². The lowest BCUT2D eigenvalue weighted by Gasteiger charge is -2.05. The Morgan fingerprint density at radius 3 is 1.57 bits per heavy atom. The number of hydrogen-bond donors (Lipinski definition) is 14. The lowest BCUT2D eigenvalue weighted by Crippen LogP contribution is -2.32. The van der Waals surface area contributed by atoms with Gasteiger partial charge in [-0.2, -0.15) is 24.4 Å². The van der Waals surface area contributed by atoms with Gasteiger partial charge in [-0.25, -0.2) is 0 Å². The number of aromatic amines is 1. The van der Waals surface area contributed by atoms with Crippen LogP contribution in [0.5, 0.6) is 5.75 Å². The minimum Gasteiger partial charge on any atom is -0.508 e. The van der Waals surface area contributed by atoms with Crippen LogP contribution in [-0.4, -0.2) is 119 Å². The van der Waals surface area contributed by atoms with E-state index in [1.54, 1.807) is 23.9 Å². The summed E-state index contributed by atoms with van der Waals surface area (Å²) in [5.41, 5.74) is 33.5. The highest BCUT2D eigenvalue weighted by Gasteiger charge is 2.15. The van der Waals surface area contributed by atoms with Crippen LogP contribution in [0, 0.1) is 0 Å². The summed E-state index contributed by atoms with van der Waals surface area (Å²) in [6, 6.07) is 9.86. The smallest absolute Gasteiger partial charge is 0.321 e. The molecule has 5 atom stereocenters. The van der Waals surface area contributed by atoms with E-state index in [0.717, 1.165) is 27.8 Å². The standard InChI is InChI=1S/C11H12N2O2.C9H11NO3.C5H10N2O3.C5H11NO2S.C3H7NO2S/c12-9(11(14)15)5-7-6-13-10-4-2-1-3-8(7)10;10-8(9(12)13)5-6-1-3-7(11)4-2-6;6-3(5(9)10)1-2-4(7)8;1-9-3-2-4(6)5(7)8;4-2(1-7)3(5)6/h1-4,6,9,13H,5,12H2,(H,14,15);1-4,8,11H,5,10H2,(H,12,13);3H,1-2,6H2,(H2,7,8)(H,9,10);4H,2-3,6H2,1H3,(H,7,8);2,7H,1,4H2,(H,5,6)/t9-;8-;3-;4-;2-/m00000/s1. The van der Waals surface area contributed by atoms with Gasteiger partial charge in [0, 0.05) is 35.7 Å². The van der Waals surface area contributed by atoms with E-state index in [9.17, 15) is 28.8 Å². The van der Waals surface area contributed by atoms with Crippen LogP contribution < -0.4 is 34.4 Å². The molecule has 0 saturated carbocycles. The lowest BCUT2D eigenvalue weighted by molar-refractivity contribution is -0.139. The molecule has 0 aliphatic carbocycles. The molecule has 0 radical (unpaired) electrons. The Bertz CT molecular complexity index is 1600. The van der Waals surface area contributed by atoms with Crippen molar-refractivity contribution in [1.82, 2.24) is 4.98 Å². The van der Waals surface area contributed by atoms with Crippen molar-refractivity contribution in [2.75, 3.05) is 17.8 Å². The number of phenolic OH excluding ortho intramolecular Hbond substituents is 1. The first-order chi connectivity index (χ1) is 25.2. The summed E-state index contributed by atoms with van der Waals surface area (Å²) >= 11 is 5.25. The number of aromatic nitrogens is 1. The van der Waals surface area contributed by atoms with Crippen molar-refractivity contribution >= 4 is 71.0 Å². The van der Waals surface area contributed by atoms with Gasteiger partial charge in [0.05, 0.1) is 0 Å². The van der Waals surface area contributed by atoms with Gasteiger partial charge in [0.15, 0.2) is 0 Å². The second-order valence-corrected chi connectivity index (χ2v) is 12.5. The molecule has 19 nitrogen and oxygen atoms in total. The lowest BCUT2D eigenvalue weighted by atomic mass is 10.1. The second kappa shape index (κ2) is 28.6. The molecule has 1 aromatic heterocycles. The fraction of sp³-hybridized carbons (Fsp3) is 0.394. The summed E-state index contributed by atoms with van der Waals surface area (Å²) in [7, 11) is 0. The van der Waals surface area contributed by atoms with E-state index < -0.39 is 66.0 Å². The van der Waals surface area contributed by atoms with Gasteiger partial charge in [0.1, 0.15) is 36.0 Å². The maximum Gasteiger partial charge on any atom is 0.321 e. The Kier molecular flexibility index (Phi) is 27.1. The van der Waals surface area contributed by atoms with Gasteiger partial charge in [-0.1, -0.05) is 30.3 Å². The number of aromatic hydroxyl groups is 1. The second-order valence-electron chi connectivity index (χ2n) is 11.1. The minimum absolute atomic E-state index is 0.0213. The monoisotopic (exact) mass is 801 g/mol. The summed E-state index contributed by atoms with van der Waals surface area (Å²) in [5, 5.41) is 51.7. The Hall–Kier alpha value is -4.90. The van der Waals surface area contributed by atoms with E-state index in [4.69, 9.17) is 65.0 Å². The number of para-hydroxylation sites is 1. The Labute approximate surface area is 320 Å². The number of fused-ring (bicyclic) bond motifs is 1. The molecule has 3 aromatic rings. The van der Waals surface area contributed by atoms with Gasteiger partial charge in [-0.3, -0.25) is 28.8 Å². The number of rotatable bonds is 16. The highest BCUT2D eigenvalue weighted by molar-refractivity contribution is 7.98. The van der Waals surface area contributed by atoms with Crippen LogP contribution in [0.25, 0.3) is 10.9 Å². The average Bonchev–Trinajstić information content (AvgIpc) is 3.53. The van der Waals surface area contributed by atoms with Gasteiger partial charge in [-0.15, -0.1) is 0 Å². The highest BCUT2D eigenvalue weighted by Crippen LogP contribution is 2.18. The number of amides is 1. The van der Waals surface area contributed by atoms with Crippen LogP contribution in [-0.2, 0) is 41.6 Å². The molecule has 302 valence electrons. The number of primary amides is 1. The molecule has 1 heterocycles. The third kappa shape index (κ3) is 24.4. The first kappa shape index (κ1) is 51.2.